The Kier molecular flexibility index (Phi) is 4.37. The Hall–Kier alpha value is -1.62. The monoisotopic (exact) mass is 279 g/mol. The molecule has 0 saturated carbocycles. The molecule has 1 atom stereocenters. The lowest BCUT2D eigenvalue weighted by atomic mass is 10.0. The number of hydrogen-bond donors (Lipinski definition) is 1. The van der Waals surface area contributed by atoms with Gasteiger partial charge in [0.1, 0.15) is 6.04 Å². The fourth-order valence-electron chi connectivity index (χ4n) is 2.24. The average Bonchev–Trinajstić information content (AvgIpc) is 2.81. The van der Waals surface area contributed by atoms with Gasteiger partial charge in [0.25, 0.3) is 0 Å². The number of hydrogen-bond acceptors (Lipinski definition) is 3. The van der Waals surface area contributed by atoms with Crippen LogP contribution in [0.5, 0.6) is 0 Å². The molecule has 2 heterocycles. The van der Waals surface area contributed by atoms with Gasteiger partial charge in [0.15, 0.2) is 0 Å². The van der Waals surface area contributed by atoms with Crippen molar-refractivity contribution in [2.45, 2.75) is 32.2 Å². The summed E-state index contributed by atoms with van der Waals surface area (Å²) in [7, 11) is 0. The summed E-state index contributed by atoms with van der Waals surface area (Å²) in [5.74, 6) is -1.12. The number of rotatable bonds is 3. The minimum atomic E-state index is -0.909. The molecule has 1 unspecified atom stereocenters. The van der Waals surface area contributed by atoms with Crippen molar-refractivity contribution in [3.8, 4) is 0 Å². The van der Waals surface area contributed by atoms with E-state index in [1.807, 2.05) is 19.1 Å². The molecule has 1 saturated heterocycles. The van der Waals surface area contributed by atoms with Gasteiger partial charge in [0.2, 0.25) is 5.91 Å². The lowest BCUT2D eigenvalue weighted by Gasteiger charge is -2.32. The van der Waals surface area contributed by atoms with Gasteiger partial charge in [-0.2, -0.15) is 0 Å². The molecule has 1 aromatic heterocycles. The number of likely N-dealkylation sites (tertiary alicyclic amines) is 1. The Morgan fingerprint density at radius 3 is 2.84 bits per heavy atom. The first-order valence-electron chi connectivity index (χ1n) is 6.36. The molecule has 5 heteroatoms. The van der Waals surface area contributed by atoms with Gasteiger partial charge < -0.3 is 10.0 Å². The zero-order valence-corrected chi connectivity index (χ0v) is 11.7. The molecular formula is C14H17NO3S. The summed E-state index contributed by atoms with van der Waals surface area (Å²) in [6.45, 7) is 2.54. The van der Waals surface area contributed by atoms with E-state index in [4.69, 9.17) is 5.11 Å². The van der Waals surface area contributed by atoms with E-state index in [9.17, 15) is 9.59 Å². The number of aryl methyl sites for hydroxylation is 1. The van der Waals surface area contributed by atoms with Gasteiger partial charge in [0.05, 0.1) is 0 Å². The molecule has 1 fully saturated rings. The largest absolute Gasteiger partial charge is 0.480 e. The van der Waals surface area contributed by atoms with Gasteiger partial charge >= 0.3 is 5.97 Å². The quantitative estimate of drug-likeness (QED) is 0.865. The second kappa shape index (κ2) is 6.02. The molecular weight excluding hydrogens is 262 g/mol. The fourth-order valence-corrected chi connectivity index (χ4v) is 3.02. The summed E-state index contributed by atoms with van der Waals surface area (Å²) in [5, 5.41) is 9.13. The van der Waals surface area contributed by atoms with Gasteiger partial charge in [-0.15, -0.1) is 11.3 Å². The number of piperidine rings is 1. The van der Waals surface area contributed by atoms with Crippen LogP contribution in [0.2, 0.25) is 0 Å². The summed E-state index contributed by atoms with van der Waals surface area (Å²) in [5.41, 5.74) is 0. The van der Waals surface area contributed by atoms with Gasteiger partial charge in [-0.25, -0.2) is 4.79 Å². The molecule has 0 aromatic carbocycles. The maximum Gasteiger partial charge on any atom is 0.326 e. The summed E-state index contributed by atoms with van der Waals surface area (Å²) in [4.78, 5) is 26.9. The summed E-state index contributed by atoms with van der Waals surface area (Å²) >= 11 is 1.61. The first kappa shape index (κ1) is 13.8. The number of aliphatic carboxylic acids is 1. The van der Waals surface area contributed by atoms with Gasteiger partial charge in [0, 0.05) is 22.4 Å². The Bertz CT molecular complexity index is 507. The molecule has 19 heavy (non-hydrogen) atoms. The molecule has 1 aliphatic heterocycles. The van der Waals surface area contributed by atoms with E-state index in [1.54, 1.807) is 17.4 Å². The molecule has 2 rings (SSSR count). The zero-order chi connectivity index (χ0) is 13.8. The second-order valence-corrected chi connectivity index (χ2v) is 5.98. The van der Waals surface area contributed by atoms with E-state index in [1.165, 1.54) is 15.9 Å². The number of carboxylic acid groups (broad SMARTS) is 1. The number of carboxylic acids is 1. The van der Waals surface area contributed by atoms with Crippen molar-refractivity contribution in [2.75, 3.05) is 6.54 Å². The maximum absolute atomic E-state index is 12.1. The smallest absolute Gasteiger partial charge is 0.326 e. The summed E-state index contributed by atoms with van der Waals surface area (Å²) in [6.07, 6.45) is 5.53. The van der Waals surface area contributed by atoms with Crippen LogP contribution in [0.1, 0.15) is 29.0 Å². The van der Waals surface area contributed by atoms with Crippen LogP contribution in [0, 0.1) is 6.92 Å². The maximum atomic E-state index is 12.1. The van der Waals surface area contributed by atoms with Crippen molar-refractivity contribution in [2.24, 2.45) is 0 Å². The van der Waals surface area contributed by atoms with E-state index >= 15 is 0 Å². The van der Waals surface area contributed by atoms with Gasteiger partial charge in [-0.05, 0) is 44.4 Å². The molecule has 4 nitrogen and oxygen atoms in total. The number of carbonyl (C=O) groups is 2. The Labute approximate surface area is 116 Å². The van der Waals surface area contributed by atoms with Crippen molar-refractivity contribution in [3.63, 3.8) is 0 Å². The molecule has 1 aliphatic rings. The van der Waals surface area contributed by atoms with Crippen LogP contribution >= 0.6 is 11.3 Å². The predicted molar refractivity (Wildman–Crippen MR) is 75.1 cm³/mol. The van der Waals surface area contributed by atoms with Crippen LogP contribution in [-0.2, 0) is 9.59 Å². The Morgan fingerprint density at radius 2 is 2.21 bits per heavy atom. The number of amides is 1. The van der Waals surface area contributed by atoms with Crippen LogP contribution in [0.4, 0.5) is 0 Å². The lowest BCUT2D eigenvalue weighted by Crippen LogP contribution is -2.47. The van der Waals surface area contributed by atoms with E-state index < -0.39 is 12.0 Å². The van der Waals surface area contributed by atoms with Crippen molar-refractivity contribution in [1.82, 2.24) is 4.90 Å². The summed E-state index contributed by atoms with van der Waals surface area (Å²) in [6, 6.07) is 3.28. The standard InChI is InChI=1S/C14H17NO3S/c1-10-5-6-11(19-10)7-8-13(16)15-9-3-2-4-12(15)14(17)18/h5-8,12H,2-4,9H2,1H3,(H,17,18)/b8-7+. The SMILES string of the molecule is Cc1ccc(/C=C/C(=O)N2CCCCC2C(=O)O)s1. The molecule has 1 amide bonds. The number of carbonyl (C=O) groups excluding carboxylic acids is 1. The van der Waals surface area contributed by atoms with Crippen LogP contribution in [0.15, 0.2) is 18.2 Å². The highest BCUT2D eigenvalue weighted by atomic mass is 32.1. The van der Waals surface area contributed by atoms with E-state index in [0.29, 0.717) is 13.0 Å². The van der Waals surface area contributed by atoms with Crippen molar-refractivity contribution in [1.29, 1.82) is 0 Å². The first-order valence-corrected chi connectivity index (χ1v) is 7.17. The zero-order valence-electron chi connectivity index (χ0n) is 10.8. The fraction of sp³-hybridized carbons (Fsp3) is 0.429. The molecule has 0 aliphatic carbocycles. The molecule has 0 spiro atoms. The van der Waals surface area contributed by atoms with Crippen LogP contribution in [0.25, 0.3) is 6.08 Å². The average molecular weight is 279 g/mol. The molecule has 1 aromatic rings. The highest BCUT2D eigenvalue weighted by molar-refractivity contribution is 7.12. The van der Waals surface area contributed by atoms with Crippen molar-refractivity contribution < 1.29 is 14.7 Å². The van der Waals surface area contributed by atoms with E-state index in [2.05, 4.69) is 0 Å². The molecule has 1 N–H and O–H groups in total. The highest BCUT2D eigenvalue weighted by Crippen LogP contribution is 2.19. The normalized spacial score (nSPS) is 19.8. The van der Waals surface area contributed by atoms with Crippen molar-refractivity contribution in [3.05, 3.63) is 28.0 Å². The third kappa shape index (κ3) is 3.44. The molecule has 102 valence electrons. The van der Waals surface area contributed by atoms with Crippen LogP contribution in [-0.4, -0.2) is 34.5 Å². The second-order valence-electron chi connectivity index (χ2n) is 4.66. The topological polar surface area (TPSA) is 57.6 Å². The van der Waals surface area contributed by atoms with Crippen molar-refractivity contribution >= 4 is 29.3 Å². The van der Waals surface area contributed by atoms with Gasteiger partial charge in [-0.1, -0.05) is 0 Å². The minimum Gasteiger partial charge on any atom is -0.480 e. The Balaban J connectivity index is 2.05. The first-order chi connectivity index (χ1) is 9.08. The highest BCUT2D eigenvalue weighted by Gasteiger charge is 2.30. The third-order valence-electron chi connectivity index (χ3n) is 3.22. The van der Waals surface area contributed by atoms with Gasteiger partial charge in [-0.3, -0.25) is 4.79 Å². The summed E-state index contributed by atoms with van der Waals surface area (Å²) < 4.78 is 0. The minimum absolute atomic E-state index is 0.210. The lowest BCUT2D eigenvalue weighted by molar-refractivity contribution is -0.150. The molecule has 0 radical (unpaired) electrons. The van der Waals surface area contributed by atoms with Crippen LogP contribution in [0.3, 0.4) is 0 Å². The number of nitrogens with zero attached hydrogens (tertiary/aromatic N) is 1. The molecule has 0 bridgehead atoms. The predicted octanol–water partition coefficient (Wildman–Crippen LogP) is 2.54. The van der Waals surface area contributed by atoms with E-state index in [-0.39, 0.29) is 5.91 Å². The third-order valence-corrected chi connectivity index (χ3v) is 4.19. The number of thiophene rings is 1. The van der Waals surface area contributed by atoms with E-state index in [0.717, 1.165) is 17.7 Å². The Morgan fingerprint density at radius 1 is 1.42 bits per heavy atom. The van der Waals surface area contributed by atoms with Crippen LogP contribution < -0.4 is 0 Å².